The lowest BCUT2D eigenvalue weighted by atomic mass is 10.2. The molecule has 13 nitrogen and oxygen atoms in total. The number of hydrogen-bond donors (Lipinski definition) is 4. The van der Waals surface area contributed by atoms with Crippen molar-refractivity contribution < 1.29 is 33.2 Å². The van der Waals surface area contributed by atoms with Crippen molar-refractivity contribution in [2.24, 2.45) is 0 Å². The average Bonchev–Trinajstić information content (AvgIpc) is 3.43. The van der Waals surface area contributed by atoms with Crippen LogP contribution >= 0.6 is 0 Å². The van der Waals surface area contributed by atoms with Gasteiger partial charge < -0.3 is 34.7 Å². The first-order valence-corrected chi connectivity index (χ1v) is 13.6. The van der Waals surface area contributed by atoms with Crippen molar-refractivity contribution in [3.8, 4) is 11.5 Å². The Morgan fingerprint density at radius 3 is 2.67 bits per heavy atom. The van der Waals surface area contributed by atoms with Crippen LogP contribution in [0.25, 0.3) is 10.9 Å². The van der Waals surface area contributed by atoms with Gasteiger partial charge in [0.15, 0.2) is 23.6 Å². The highest BCUT2D eigenvalue weighted by molar-refractivity contribution is 5.93. The molecule has 14 heteroatoms. The zero-order chi connectivity index (χ0) is 30.6. The number of carbonyl (C=O) groups excluding carboxylic acids is 1. The van der Waals surface area contributed by atoms with Crippen LogP contribution < -0.4 is 20.1 Å². The SMILES string of the molecule is COc1cc2c(Nc3cc(CC(=O)Nc4cccc(F)c4)[nH]n3)ncnc2cc1OCCCN(CCO)CC(OC)OC. The summed E-state index contributed by atoms with van der Waals surface area (Å²) in [4.78, 5) is 23.2. The minimum atomic E-state index is -0.432. The van der Waals surface area contributed by atoms with Crippen molar-refractivity contribution >= 4 is 34.1 Å². The number of H-pyrrole nitrogens is 1. The second kappa shape index (κ2) is 15.7. The summed E-state index contributed by atoms with van der Waals surface area (Å²) < 4.78 is 35.6. The minimum Gasteiger partial charge on any atom is -0.493 e. The van der Waals surface area contributed by atoms with E-state index in [0.29, 0.717) is 78.1 Å². The van der Waals surface area contributed by atoms with E-state index in [-0.39, 0.29) is 25.2 Å². The molecule has 2 heterocycles. The van der Waals surface area contributed by atoms with Crippen LogP contribution in [0.15, 0.2) is 48.8 Å². The van der Waals surface area contributed by atoms with Gasteiger partial charge in [-0.1, -0.05) is 6.07 Å². The number of aliphatic hydroxyl groups excluding tert-OH is 1. The number of methoxy groups -OCH3 is 3. The molecule has 0 radical (unpaired) electrons. The molecule has 0 bridgehead atoms. The number of rotatable bonds is 17. The van der Waals surface area contributed by atoms with Crippen LogP contribution in [-0.2, 0) is 20.7 Å². The highest BCUT2D eigenvalue weighted by atomic mass is 19.1. The Morgan fingerprint density at radius 1 is 1.09 bits per heavy atom. The van der Waals surface area contributed by atoms with Gasteiger partial charge in [-0.05, 0) is 30.7 Å². The number of amides is 1. The highest BCUT2D eigenvalue weighted by Crippen LogP contribution is 2.34. The standard InChI is InChI=1S/C29H36FN7O6/c1-40-24-15-22-23(16-25(24)43-11-5-8-37(9-10-38)17-28(41-2)42-3)31-18-32-29(22)34-26-13-21(35-36-26)14-27(39)33-20-7-4-6-19(30)12-20/h4,6-7,12-13,15-16,18,28,38H,5,8-11,14,17H2,1-3H3,(H,33,39)(H2,31,32,34,35,36). The number of benzene rings is 2. The summed E-state index contributed by atoms with van der Waals surface area (Å²) in [6, 6.07) is 10.9. The van der Waals surface area contributed by atoms with E-state index in [1.54, 1.807) is 45.6 Å². The van der Waals surface area contributed by atoms with Crippen LogP contribution in [-0.4, -0.2) is 96.5 Å². The summed E-state index contributed by atoms with van der Waals surface area (Å²) in [7, 11) is 4.71. The predicted octanol–water partition coefficient (Wildman–Crippen LogP) is 3.11. The zero-order valence-electron chi connectivity index (χ0n) is 24.3. The van der Waals surface area contributed by atoms with Crippen LogP contribution in [0, 0.1) is 5.82 Å². The number of nitrogens with one attached hydrogen (secondary N) is 3. The molecule has 43 heavy (non-hydrogen) atoms. The first-order valence-electron chi connectivity index (χ1n) is 13.6. The lowest BCUT2D eigenvalue weighted by Gasteiger charge is -2.25. The molecule has 4 N–H and O–H groups in total. The number of aromatic amines is 1. The lowest BCUT2D eigenvalue weighted by molar-refractivity contribution is -0.117. The van der Waals surface area contributed by atoms with Crippen molar-refractivity contribution in [1.82, 2.24) is 25.1 Å². The summed E-state index contributed by atoms with van der Waals surface area (Å²) in [5, 5.41) is 22.9. The summed E-state index contributed by atoms with van der Waals surface area (Å²) in [6.45, 7) is 2.14. The average molecular weight is 598 g/mol. The summed E-state index contributed by atoms with van der Waals surface area (Å²) in [5.74, 6) is 1.23. The molecule has 2 aromatic carbocycles. The molecule has 0 atom stereocenters. The maximum Gasteiger partial charge on any atom is 0.230 e. The largest absolute Gasteiger partial charge is 0.493 e. The fourth-order valence-corrected chi connectivity index (χ4v) is 4.38. The molecule has 0 aliphatic rings. The van der Waals surface area contributed by atoms with E-state index >= 15 is 0 Å². The molecule has 1 amide bonds. The van der Waals surface area contributed by atoms with Crippen LogP contribution in [0.5, 0.6) is 11.5 Å². The summed E-state index contributed by atoms with van der Waals surface area (Å²) in [5.41, 5.74) is 1.56. The molecule has 0 aliphatic carbocycles. The third kappa shape index (κ3) is 9.06. The topological polar surface area (TPSA) is 156 Å². The molecular formula is C29H36FN7O6. The van der Waals surface area contributed by atoms with E-state index in [4.69, 9.17) is 18.9 Å². The number of fused-ring (bicyclic) bond motifs is 1. The van der Waals surface area contributed by atoms with Gasteiger partial charge in [-0.2, -0.15) is 5.10 Å². The predicted molar refractivity (Wildman–Crippen MR) is 158 cm³/mol. The smallest absolute Gasteiger partial charge is 0.230 e. The first kappa shape index (κ1) is 31.6. The van der Waals surface area contributed by atoms with Gasteiger partial charge in [0, 0.05) is 62.8 Å². The van der Waals surface area contributed by atoms with E-state index in [1.165, 1.54) is 24.5 Å². The van der Waals surface area contributed by atoms with Crippen molar-refractivity contribution in [3.63, 3.8) is 0 Å². The molecule has 0 saturated carbocycles. The number of carbonyl (C=O) groups is 1. The Labute approximate surface area is 248 Å². The molecule has 0 unspecified atom stereocenters. The Morgan fingerprint density at radius 2 is 1.93 bits per heavy atom. The molecule has 4 aromatic rings. The summed E-state index contributed by atoms with van der Waals surface area (Å²) in [6.07, 6.45) is 1.76. The number of aliphatic hydroxyl groups is 1. The van der Waals surface area contributed by atoms with Gasteiger partial charge in [-0.15, -0.1) is 0 Å². The lowest BCUT2D eigenvalue weighted by Crippen LogP contribution is -2.37. The molecule has 2 aromatic heterocycles. The van der Waals surface area contributed by atoms with Gasteiger partial charge in [-0.3, -0.25) is 14.8 Å². The monoisotopic (exact) mass is 597 g/mol. The Bertz CT molecular complexity index is 1480. The Kier molecular flexibility index (Phi) is 11.6. The minimum absolute atomic E-state index is 0.0152. The van der Waals surface area contributed by atoms with E-state index in [1.807, 2.05) is 4.90 Å². The van der Waals surface area contributed by atoms with E-state index in [9.17, 15) is 14.3 Å². The molecule has 0 saturated heterocycles. The zero-order valence-corrected chi connectivity index (χ0v) is 24.3. The molecule has 4 rings (SSSR count). The molecule has 230 valence electrons. The fraction of sp³-hybridized carbons (Fsp3) is 0.379. The van der Waals surface area contributed by atoms with Crippen molar-refractivity contribution in [1.29, 1.82) is 0 Å². The highest BCUT2D eigenvalue weighted by Gasteiger charge is 2.15. The van der Waals surface area contributed by atoms with Crippen LogP contribution in [0.3, 0.4) is 0 Å². The number of nitrogens with zero attached hydrogens (tertiary/aromatic N) is 4. The van der Waals surface area contributed by atoms with Gasteiger partial charge >= 0.3 is 0 Å². The van der Waals surface area contributed by atoms with Gasteiger partial charge in [-0.25, -0.2) is 14.4 Å². The van der Waals surface area contributed by atoms with Gasteiger partial charge in [0.2, 0.25) is 5.91 Å². The number of anilines is 3. The van der Waals surface area contributed by atoms with Crippen molar-refractivity contribution in [2.45, 2.75) is 19.1 Å². The maximum absolute atomic E-state index is 13.4. The third-order valence-electron chi connectivity index (χ3n) is 6.48. The van der Waals surface area contributed by atoms with Gasteiger partial charge in [0.25, 0.3) is 0 Å². The second-order valence-electron chi connectivity index (χ2n) is 9.51. The molecule has 0 aliphatic heterocycles. The summed E-state index contributed by atoms with van der Waals surface area (Å²) >= 11 is 0. The molecule has 0 fully saturated rings. The number of aromatic nitrogens is 4. The van der Waals surface area contributed by atoms with E-state index < -0.39 is 5.82 Å². The quantitative estimate of drug-likeness (QED) is 0.105. The van der Waals surface area contributed by atoms with Gasteiger partial charge in [0.05, 0.1) is 32.3 Å². The van der Waals surface area contributed by atoms with Crippen molar-refractivity contribution in [3.05, 3.63) is 60.3 Å². The Hall–Kier alpha value is -4.37. The van der Waals surface area contributed by atoms with Crippen LogP contribution in [0.2, 0.25) is 0 Å². The Balaban J connectivity index is 1.38. The number of hydrogen-bond acceptors (Lipinski definition) is 11. The van der Waals surface area contributed by atoms with Gasteiger partial charge in [0.1, 0.15) is 18.0 Å². The van der Waals surface area contributed by atoms with Crippen molar-refractivity contribution in [2.75, 3.05) is 64.8 Å². The molecular weight excluding hydrogens is 561 g/mol. The van der Waals surface area contributed by atoms with E-state index in [0.717, 1.165) is 0 Å². The van der Waals surface area contributed by atoms with E-state index in [2.05, 4.69) is 30.8 Å². The molecule has 0 spiro atoms. The number of halogens is 1. The fourth-order valence-electron chi connectivity index (χ4n) is 4.38. The first-order chi connectivity index (χ1) is 20.9. The third-order valence-corrected chi connectivity index (χ3v) is 6.48. The van der Waals surface area contributed by atoms with Crippen LogP contribution in [0.4, 0.5) is 21.7 Å². The van der Waals surface area contributed by atoms with Crippen LogP contribution in [0.1, 0.15) is 12.1 Å². The second-order valence-corrected chi connectivity index (χ2v) is 9.51. The number of ether oxygens (including phenoxy) is 4. The normalized spacial score (nSPS) is 11.3. The maximum atomic E-state index is 13.4.